The second-order valence-electron chi connectivity index (χ2n) is 6.67. The molecule has 2 heterocycles. The van der Waals surface area contributed by atoms with Gasteiger partial charge in [0.25, 0.3) is 11.8 Å². The van der Waals surface area contributed by atoms with Crippen molar-refractivity contribution in [1.82, 2.24) is 14.8 Å². The number of pyridine rings is 1. The molecule has 2 N–H and O–H groups in total. The van der Waals surface area contributed by atoms with Crippen LogP contribution in [-0.2, 0) is 13.0 Å². The summed E-state index contributed by atoms with van der Waals surface area (Å²) < 4.78 is 65.5. The molecule has 0 saturated heterocycles. The summed E-state index contributed by atoms with van der Waals surface area (Å²) in [6, 6.07) is 6.62. The third-order valence-corrected chi connectivity index (χ3v) is 5.61. The molecular formula is C19H11BrCl2F5N5O2. The van der Waals surface area contributed by atoms with Crippen LogP contribution in [0.1, 0.15) is 26.5 Å². The molecule has 3 rings (SSSR count). The van der Waals surface area contributed by atoms with E-state index in [0.29, 0.717) is 9.70 Å². The van der Waals surface area contributed by atoms with Gasteiger partial charge in [0, 0.05) is 24.0 Å². The lowest BCUT2D eigenvalue weighted by Crippen LogP contribution is -2.34. The molecule has 2 amide bonds. The Bertz CT molecular complexity index is 1280. The highest BCUT2D eigenvalue weighted by atomic mass is 79.9. The van der Waals surface area contributed by atoms with Gasteiger partial charge in [0.05, 0.1) is 15.1 Å². The SMILES string of the molecule is Cn1nc(C(F)(F)C(F)(F)F)c(Br)c1C(=O)Nc1ccc(Cl)c(C(=O)Nc2cc(Cl)ccn2)c1. The maximum absolute atomic E-state index is 13.8. The van der Waals surface area contributed by atoms with Crippen molar-refractivity contribution in [3.8, 4) is 0 Å². The Morgan fingerprint density at radius 2 is 1.71 bits per heavy atom. The van der Waals surface area contributed by atoms with Gasteiger partial charge in [-0.3, -0.25) is 14.3 Å². The molecule has 3 aromatic rings. The molecule has 0 radical (unpaired) electrons. The average Bonchev–Trinajstić information content (AvgIpc) is 3.03. The fourth-order valence-electron chi connectivity index (χ4n) is 2.70. The number of anilines is 2. The molecule has 15 heteroatoms. The zero-order valence-corrected chi connectivity index (χ0v) is 19.7. The topological polar surface area (TPSA) is 88.9 Å². The zero-order chi connectivity index (χ0) is 25.4. The van der Waals surface area contributed by atoms with Crippen LogP contribution in [0, 0.1) is 0 Å². The molecule has 0 bridgehead atoms. The van der Waals surface area contributed by atoms with Crippen LogP contribution in [0.2, 0.25) is 10.0 Å². The molecule has 2 aromatic heterocycles. The van der Waals surface area contributed by atoms with E-state index in [9.17, 15) is 31.5 Å². The van der Waals surface area contributed by atoms with Crippen LogP contribution < -0.4 is 10.6 Å². The van der Waals surface area contributed by atoms with Gasteiger partial charge in [-0.1, -0.05) is 23.2 Å². The standard InChI is InChI=1S/C19H11BrCl2F5N5O2/c1-32-14(13(20)15(31-32)18(23,24)19(25,26)27)17(34)29-9-2-3-11(22)10(7-9)16(33)30-12-6-8(21)4-5-28-12/h2-7H,1H3,(H,29,34)(H,28,30,33). The number of alkyl halides is 5. The summed E-state index contributed by atoms with van der Waals surface area (Å²) in [5, 5.41) is 8.25. The molecular weight excluding hydrogens is 576 g/mol. The number of rotatable bonds is 5. The first-order valence-corrected chi connectivity index (χ1v) is 10.5. The third kappa shape index (κ3) is 5.15. The first-order valence-electron chi connectivity index (χ1n) is 8.93. The summed E-state index contributed by atoms with van der Waals surface area (Å²) in [4.78, 5) is 29.1. The summed E-state index contributed by atoms with van der Waals surface area (Å²) in [5.74, 6) is -6.96. The van der Waals surface area contributed by atoms with Crippen molar-refractivity contribution >= 4 is 62.5 Å². The van der Waals surface area contributed by atoms with Crippen LogP contribution in [0.25, 0.3) is 0 Å². The first-order chi connectivity index (χ1) is 15.7. The van der Waals surface area contributed by atoms with Crippen LogP contribution in [0.3, 0.4) is 0 Å². The number of aromatic nitrogens is 3. The maximum Gasteiger partial charge on any atom is 0.459 e. The number of benzene rings is 1. The largest absolute Gasteiger partial charge is 0.459 e. The van der Waals surface area contributed by atoms with Crippen LogP contribution in [0.15, 0.2) is 41.0 Å². The first kappa shape index (κ1) is 25.8. The average molecular weight is 587 g/mol. The lowest BCUT2D eigenvalue weighted by molar-refractivity contribution is -0.291. The van der Waals surface area contributed by atoms with Gasteiger partial charge < -0.3 is 10.6 Å². The smallest absolute Gasteiger partial charge is 0.321 e. The number of carbonyl (C=O) groups excluding carboxylic acids is 2. The summed E-state index contributed by atoms with van der Waals surface area (Å²) >= 11 is 14.5. The minimum atomic E-state index is -5.92. The van der Waals surface area contributed by atoms with Gasteiger partial charge in [0.2, 0.25) is 0 Å². The second-order valence-corrected chi connectivity index (χ2v) is 8.31. The van der Waals surface area contributed by atoms with E-state index < -0.39 is 39.8 Å². The Kier molecular flexibility index (Phi) is 7.20. The molecule has 0 atom stereocenters. The number of nitrogens with one attached hydrogen (secondary N) is 2. The van der Waals surface area contributed by atoms with E-state index in [1.807, 2.05) is 0 Å². The van der Waals surface area contributed by atoms with E-state index in [2.05, 4.69) is 36.6 Å². The van der Waals surface area contributed by atoms with E-state index in [-0.39, 0.29) is 22.1 Å². The van der Waals surface area contributed by atoms with Crippen molar-refractivity contribution in [2.24, 2.45) is 7.05 Å². The minimum absolute atomic E-state index is 0.00386. The van der Waals surface area contributed by atoms with Crippen molar-refractivity contribution in [3.05, 3.63) is 68.0 Å². The summed E-state index contributed by atoms with van der Waals surface area (Å²) in [6.07, 6.45) is -4.56. The molecule has 1 aromatic carbocycles. The number of amides is 2. The number of hydrogen-bond acceptors (Lipinski definition) is 4. The highest BCUT2D eigenvalue weighted by Crippen LogP contribution is 2.46. The quantitative estimate of drug-likeness (QED) is 0.357. The predicted octanol–water partition coefficient (Wildman–Crippen LogP) is 6.04. The Labute approximate surface area is 206 Å². The molecule has 0 fully saturated rings. The lowest BCUT2D eigenvalue weighted by Gasteiger charge is -2.17. The van der Waals surface area contributed by atoms with E-state index >= 15 is 0 Å². The number of nitrogens with zero attached hydrogens (tertiary/aromatic N) is 3. The van der Waals surface area contributed by atoms with E-state index in [1.165, 1.54) is 36.5 Å². The molecule has 0 aliphatic heterocycles. The number of hydrogen-bond donors (Lipinski definition) is 2. The van der Waals surface area contributed by atoms with Gasteiger partial charge in [0.15, 0.2) is 5.69 Å². The van der Waals surface area contributed by atoms with Crippen molar-refractivity contribution < 1.29 is 31.5 Å². The maximum atomic E-state index is 13.8. The van der Waals surface area contributed by atoms with Crippen LogP contribution in [0.4, 0.5) is 33.5 Å². The summed E-state index contributed by atoms with van der Waals surface area (Å²) in [7, 11) is 1.02. The van der Waals surface area contributed by atoms with Gasteiger partial charge in [-0.2, -0.15) is 27.1 Å². The molecule has 0 unspecified atom stereocenters. The summed E-state index contributed by atoms with van der Waals surface area (Å²) in [6.45, 7) is 0. The van der Waals surface area contributed by atoms with Crippen molar-refractivity contribution in [2.45, 2.75) is 12.1 Å². The fourth-order valence-corrected chi connectivity index (χ4v) is 3.83. The van der Waals surface area contributed by atoms with Gasteiger partial charge in [-0.15, -0.1) is 0 Å². The molecule has 0 aliphatic carbocycles. The zero-order valence-electron chi connectivity index (χ0n) is 16.6. The second kappa shape index (κ2) is 9.47. The third-order valence-electron chi connectivity index (χ3n) is 4.29. The predicted molar refractivity (Wildman–Crippen MR) is 117 cm³/mol. The summed E-state index contributed by atoms with van der Waals surface area (Å²) in [5.41, 5.74) is -2.37. The molecule has 7 nitrogen and oxygen atoms in total. The van der Waals surface area contributed by atoms with Crippen molar-refractivity contribution in [3.63, 3.8) is 0 Å². The minimum Gasteiger partial charge on any atom is -0.321 e. The monoisotopic (exact) mass is 585 g/mol. The van der Waals surface area contributed by atoms with E-state index in [0.717, 1.165) is 7.05 Å². The van der Waals surface area contributed by atoms with Crippen LogP contribution in [-0.4, -0.2) is 32.8 Å². The highest BCUT2D eigenvalue weighted by Gasteiger charge is 2.61. The van der Waals surface area contributed by atoms with Crippen LogP contribution in [0.5, 0.6) is 0 Å². The molecule has 0 spiro atoms. The highest BCUT2D eigenvalue weighted by molar-refractivity contribution is 9.10. The van der Waals surface area contributed by atoms with Gasteiger partial charge in [0.1, 0.15) is 11.5 Å². The number of halogens is 8. The lowest BCUT2D eigenvalue weighted by atomic mass is 10.1. The van der Waals surface area contributed by atoms with Gasteiger partial charge >= 0.3 is 12.1 Å². The normalized spacial score (nSPS) is 11.9. The van der Waals surface area contributed by atoms with Gasteiger partial charge in [-0.05, 0) is 46.3 Å². The molecule has 0 aliphatic rings. The Balaban J connectivity index is 1.87. The number of aryl methyl sites for hydroxylation is 1. The Hall–Kier alpha value is -2.77. The molecule has 180 valence electrons. The molecule has 34 heavy (non-hydrogen) atoms. The van der Waals surface area contributed by atoms with Crippen molar-refractivity contribution in [2.75, 3.05) is 10.6 Å². The van der Waals surface area contributed by atoms with E-state index in [4.69, 9.17) is 23.2 Å². The van der Waals surface area contributed by atoms with Crippen LogP contribution >= 0.6 is 39.1 Å². The molecule has 0 saturated carbocycles. The van der Waals surface area contributed by atoms with E-state index in [1.54, 1.807) is 0 Å². The van der Waals surface area contributed by atoms with Gasteiger partial charge in [-0.25, -0.2) is 4.98 Å². The van der Waals surface area contributed by atoms with Crippen molar-refractivity contribution in [1.29, 1.82) is 0 Å². The number of carbonyl (C=O) groups is 2. The fraction of sp³-hybridized carbons (Fsp3) is 0.158. The Morgan fingerprint density at radius 1 is 1.03 bits per heavy atom. The Morgan fingerprint density at radius 3 is 2.32 bits per heavy atom.